The largest absolute Gasteiger partial charge is 0.444 e. The Kier molecular flexibility index (Phi) is 3.46. The van der Waals surface area contributed by atoms with Crippen LogP contribution in [-0.2, 0) is 9.53 Å². The van der Waals surface area contributed by atoms with Crippen LogP contribution >= 0.6 is 0 Å². The topological polar surface area (TPSA) is 46.6 Å². The summed E-state index contributed by atoms with van der Waals surface area (Å²) in [6, 6.07) is 0. The molecule has 0 aromatic rings. The van der Waals surface area contributed by atoms with E-state index in [1.54, 1.807) is 4.90 Å². The third kappa shape index (κ3) is 3.12. The monoisotopic (exact) mass is 251 g/mol. The zero-order valence-electron chi connectivity index (χ0n) is 11.4. The molecule has 0 aromatic heterocycles. The van der Waals surface area contributed by atoms with Crippen LogP contribution in [0.25, 0.3) is 0 Å². The number of hydrogen-bond acceptors (Lipinski definition) is 3. The van der Waals surface area contributed by atoms with Gasteiger partial charge in [-0.15, -0.1) is 0 Å². The second-order valence-electron chi connectivity index (χ2n) is 6.12. The summed E-state index contributed by atoms with van der Waals surface area (Å²) in [6.07, 6.45) is 4.08. The minimum absolute atomic E-state index is 0.266. The van der Waals surface area contributed by atoms with Gasteiger partial charge in [-0.3, -0.25) is 4.79 Å². The summed E-state index contributed by atoms with van der Waals surface area (Å²) in [6.45, 7) is 6.82. The zero-order chi connectivity index (χ0) is 13.3. The van der Waals surface area contributed by atoms with E-state index in [0.717, 1.165) is 6.42 Å². The van der Waals surface area contributed by atoms with Crippen molar-refractivity contribution in [3.05, 3.63) is 11.6 Å². The van der Waals surface area contributed by atoms with Crippen LogP contribution < -0.4 is 0 Å². The van der Waals surface area contributed by atoms with Crippen molar-refractivity contribution in [2.45, 2.75) is 45.6 Å². The molecule has 1 fully saturated rings. The van der Waals surface area contributed by atoms with Crippen molar-refractivity contribution in [3.8, 4) is 0 Å². The van der Waals surface area contributed by atoms with E-state index in [9.17, 15) is 9.59 Å². The fourth-order valence-corrected chi connectivity index (χ4v) is 2.47. The van der Waals surface area contributed by atoms with E-state index in [2.05, 4.69) is 6.08 Å². The maximum atomic E-state index is 11.9. The number of hydrogen-bond donors (Lipinski definition) is 0. The first kappa shape index (κ1) is 13.1. The maximum absolute atomic E-state index is 11.9. The van der Waals surface area contributed by atoms with Gasteiger partial charge in [0, 0.05) is 25.9 Å². The first-order valence-corrected chi connectivity index (χ1v) is 6.54. The molecule has 0 spiro atoms. The number of rotatable bonds is 1. The molecule has 4 nitrogen and oxygen atoms in total. The smallest absolute Gasteiger partial charge is 0.410 e. The summed E-state index contributed by atoms with van der Waals surface area (Å²) in [7, 11) is 0. The second-order valence-corrected chi connectivity index (χ2v) is 6.12. The molecule has 18 heavy (non-hydrogen) atoms. The third-order valence-electron chi connectivity index (χ3n) is 3.37. The molecule has 1 saturated carbocycles. The molecule has 0 N–H and O–H groups in total. The van der Waals surface area contributed by atoms with Gasteiger partial charge >= 0.3 is 6.09 Å². The highest BCUT2D eigenvalue weighted by Gasteiger charge is 2.31. The highest BCUT2D eigenvalue weighted by atomic mass is 16.6. The first-order valence-electron chi connectivity index (χ1n) is 6.54. The highest BCUT2D eigenvalue weighted by Crippen LogP contribution is 2.31. The van der Waals surface area contributed by atoms with Gasteiger partial charge in [-0.1, -0.05) is 6.08 Å². The normalized spacial score (nSPS) is 24.4. The number of carbonyl (C=O) groups is 2. The van der Waals surface area contributed by atoms with Crippen molar-refractivity contribution in [1.82, 2.24) is 4.90 Å². The van der Waals surface area contributed by atoms with Crippen molar-refractivity contribution in [3.63, 3.8) is 0 Å². The summed E-state index contributed by atoms with van der Waals surface area (Å²) in [5, 5.41) is 0. The molecule has 2 rings (SSSR count). The van der Waals surface area contributed by atoms with E-state index in [1.165, 1.54) is 5.57 Å². The van der Waals surface area contributed by atoms with Crippen molar-refractivity contribution in [2.75, 3.05) is 13.1 Å². The van der Waals surface area contributed by atoms with Crippen molar-refractivity contribution in [2.24, 2.45) is 5.92 Å². The molecule has 1 heterocycles. The van der Waals surface area contributed by atoms with Gasteiger partial charge in [0.1, 0.15) is 11.4 Å². The molecule has 4 heteroatoms. The zero-order valence-corrected chi connectivity index (χ0v) is 11.4. The summed E-state index contributed by atoms with van der Waals surface area (Å²) in [4.78, 5) is 24.9. The van der Waals surface area contributed by atoms with Crippen LogP contribution in [0.1, 0.15) is 40.0 Å². The van der Waals surface area contributed by atoms with Gasteiger partial charge < -0.3 is 9.64 Å². The van der Waals surface area contributed by atoms with Gasteiger partial charge in [0.15, 0.2) is 0 Å². The summed E-state index contributed by atoms with van der Waals surface area (Å²) in [5.74, 6) is 0.696. The Morgan fingerprint density at radius 2 is 2.17 bits per heavy atom. The lowest BCUT2D eigenvalue weighted by molar-refractivity contribution is -0.117. The lowest BCUT2D eigenvalue weighted by Crippen LogP contribution is -2.35. The molecule has 1 atom stereocenters. The Hall–Kier alpha value is -1.32. The Morgan fingerprint density at radius 3 is 2.72 bits per heavy atom. The minimum Gasteiger partial charge on any atom is -0.444 e. The van der Waals surface area contributed by atoms with E-state index >= 15 is 0 Å². The molecule has 1 aliphatic carbocycles. The molecular weight excluding hydrogens is 230 g/mol. The number of amides is 1. The maximum Gasteiger partial charge on any atom is 0.410 e. The van der Waals surface area contributed by atoms with Crippen LogP contribution in [0.3, 0.4) is 0 Å². The number of Topliss-reactive ketones (excluding diaryl/α,β-unsaturated/α-hetero) is 1. The second kappa shape index (κ2) is 4.75. The lowest BCUT2D eigenvalue weighted by Gasteiger charge is -2.24. The average molecular weight is 251 g/mol. The number of nitrogens with zero attached hydrogens (tertiary/aromatic N) is 1. The van der Waals surface area contributed by atoms with Crippen molar-refractivity contribution >= 4 is 11.9 Å². The van der Waals surface area contributed by atoms with Gasteiger partial charge in [-0.05, 0) is 38.7 Å². The van der Waals surface area contributed by atoms with Gasteiger partial charge in [0.05, 0.1) is 0 Å². The minimum atomic E-state index is -0.455. The Balaban J connectivity index is 1.87. The van der Waals surface area contributed by atoms with Crippen molar-refractivity contribution < 1.29 is 14.3 Å². The quantitative estimate of drug-likeness (QED) is 0.673. The first-order chi connectivity index (χ1) is 8.35. The highest BCUT2D eigenvalue weighted by molar-refractivity contribution is 5.81. The van der Waals surface area contributed by atoms with E-state index in [0.29, 0.717) is 37.6 Å². The molecule has 0 aromatic carbocycles. The van der Waals surface area contributed by atoms with Gasteiger partial charge in [-0.2, -0.15) is 0 Å². The van der Waals surface area contributed by atoms with E-state index < -0.39 is 5.60 Å². The molecule has 1 unspecified atom stereocenters. The Bertz CT molecular complexity index is 392. The van der Waals surface area contributed by atoms with Crippen molar-refractivity contribution in [1.29, 1.82) is 0 Å². The van der Waals surface area contributed by atoms with Crippen LogP contribution in [0.4, 0.5) is 4.79 Å². The Labute approximate surface area is 108 Å². The lowest BCUT2D eigenvalue weighted by atomic mass is 9.98. The van der Waals surface area contributed by atoms with E-state index in [1.807, 2.05) is 20.8 Å². The fourth-order valence-electron chi connectivity index (χ4n) is 2.47. The molecule has 1 amide bonds. The van der Waals surface area contributed by atoms with Gasteiger partial charge in [0.25, 0.3) is 0 Å². The number of ether oxygens (including phenoxy) is 1. The average Bonchev–Trinajstić information content (AvgIpc) is 2.82. The predicted octanol–water partition coefficient (Wildman–Crippen LogP) is 2.53. The van der Waals surface area contributed by atoms with Crippen LogP contribution in [0.15, 0.2) is 11.6 Å². The number of ketones is 1. The standard InChI is InChI=1S/C14H21NO3/c1-14(2,3)18-13(17)15-7-6-11(9-15)10-4-5-12(16)8-10/h6,10H,4-5,7-9H2,1-3H3. The predicted molar refractivity (Wildman–Crippen MR) is 68.2 cm³/mol. The SMILES string of the molecule is CC(C)(C)OC(=O)N1CC=C(C2CCC(=O)C2)C1. The van der Waals surface area contributed by atoms with Gasteiger partial charge in [-0.25, -0.2) is 4.79 Å². The van der Waals surface area contributed by atoms with Crippen LogP contribution in [0.2, 0.25) is 0 Å². The van der Waals surface area contributed by atoms with Crippen LogP contribution in [0, 0.1) is 5.92 Å². The molecule has 0 saturated heterocycles. The van der Waals surface area contributed by atoms with E-state index in [-0.39, 0.29) is 6.09 Å². The third-order valence-corrected chi connectivity index (χ3v) is 3.37. The number of carbonyl (C=O) groups excluding carboxylic acids is 2. The van der Waals surface area contributed by atoms with Crippen LogP contribution in [0.5, 0.6) is 0 Å². The summed E-state index contributed by atoms with van der Waals surface area (Å²) < 4.78 is 5.34. The molecule has 2 aliphatic rings. The fraction of sp³-hybridized carbons (Fsp3) is 0.714. The van der Waals surface area contributed by atoms with E-state index in [4.69, 9.17) is 4.74 Å². The molecule has 100 valence electrons. The molecule has 0 bridgehead atoms. The van der Waals surface area contributed by atoms with Gasteiger partial charge in [0.2, 0.25) is 0 Å². The summed E-state index contributed by atoms with van der Waals surface area (Å²) >= 11 is 0. The molecule has 0 radical (unpaired) electrons. The Morgan fingerprint density at radius 1 is 1.44 bits per heavy atom. The molecule has 1 aliphatic heterocycles. The molecular formula is C14H21NO3. The van der Waals surface area contributed by atoms with Crippen LogP contribution in [-0.4, -0.2) is 35.5 Å². The summed E-state index contributed by atoms with van der Waals surface area (Å²) in [5.41, 5.74) is 0.773.